The predicted molar refractivity (Wildman–Crippen MR) is 451 cm³/mol. The molecule has 0 saturated carbocycles. The summed E-state index contributed by atoms with van der Waals surface area (Å²) in [6.45, 7) is 11.2. The van der Waals surface area contributed by atoms with Crippen LogP contribution in [0.4, 0.5) is 0 Å². The summed E-state index contributed by atoms with van der Waals surface area (Å²) < 4.78 is 104. The van der Waals surface area contributed by atoms with Crippen LogP contribution in [0.1, 0.15) is 96.1 Å². The monoisotopic (exact) mass is 1710 g/mol. The zero-order valence-electron chi connectivity index (χ0n) is 63.2. The fraction of sp³-hybridized carbons (Fsp3) is 0.337. The maximum atomic E-state index is 13.5. The van der Waals surface area contributed by atoms with Gasteiger partial charge in [-0.3, -0.25) is 14.4 Å². The van der Waals surface area contributed by atoms with Crippen LogP contribution >= 0.6 is 68.8 Å². The SMILES string of the molecule is C#CCNS(=O)(=O)c1ccc(CCN(Cc2cc(Cl)ccc2OCCC)C(=O)[C@@H](N)Cc2ccsc2)cc1.C#CCNS(=O)(=O)c1ccc(CCN(Cc2cc(Cl)ccc2OCCC)C(=O)[C@H](N)c2ccsc2)cc1.CCCOc1ccc(Cl)cc1CN(CCc1ccc(S(=O)(=O)N2CCOCC2)cc1)C(=O)Cc1ccsc1. The Morgan fingerprint density at radius 3 is 1.30 bits per heavy atom. The number of amides is 3. The van der Waals surface area contributed by atoms with E-state index in [4.69, 9.17) is 78.1 Å². The minimum atomic E-state index is -3.68. The zero-order valence-corrected chi connectivity index (χ0v) is 70.4. The molecule has 0 unspecified atom stereocenters. The first-order chi connectivity index (χ1) is 54.3. The second-order valence-electron chi connectivity index (χ2n) is 26.2. The van der Waals surface area contributed by atoms with Crippen molar-refractivity contribution in [3.8, 4) is 41.9 Å². The molecular weight excluding hydrogens is 1620 g/mol. The predicted octanol–water partition coefficient (Wildman–Crippen LogP) is 13.6. The average Bonchev–Trinajstić information content (AvgIpc) is 1.17. The fourth-order valence-electron chi connectivity index (χ4n) is 11.6. The lowest BCUT2D eigenvalue weighted by molar-refractivity contribution is -0.134. The van der Waals surface area contributed by atoms with Crippen molar-refractivity contribution in [1.82, 2.24) is 28.4 Å². The Bertz CT molecular complexity index is 4930. The lowest BCUT2D eigenvalue weighted by atomic mass is 10.1. The minimum Gasteiger partial charge on any atom is -0.493 e. The number of morpholine rings is 1. The van der Waals surface area contributed by atoms with Gasteiger partial charge in [0.05, 0.1) is 73.3 Å². The van der Waals surface area contributed by atoms with E-state index < -0.39 is 42.2 Å². The normalized spacial score (nSPS) is 12.8. The summed E-state index contributed by atoms with van der Waals surface area (Å²) in [7, 11) is -10.9. The number of ether oxygens (including phenoxy) is 4. The molecule has 10 rings (SSSR count). The van der Waals surface area contributed by atoms with E-state index in [9.17, 15) is 39.6 Å². The van der Waals surface area contributed by atoms with Crippen LogP contribution in [0.15, 0.2) is 193 Å². The molecule has 1 saturated heterocycles. The summed E-state index contributed by atoms with van der Waals surface area (Å²) in [5.74, 6) is 6.18. The third kappa shape index (κ3) is 28.4. The molecule has 1 fully saturated rings. The summed E-state index contributed by atoms with van der Waals surface area (Å²) in [4.78, 5) is 46.1. The van der Waals surface area contributed by atoms with Gasteiger partial charge >= 0.3 is 0 Å². The number of thiophene rings is 3. The highest BCUT2D eigenvalue weighted by Gasteiger charge is 2.29. The number of carbonyl (C=O) groups excluding carboxylic acids is 3. The molecule has 9 aromatic rings. The molecule has 2 atom stereocenters. The Morgan fingerprint density at radius 2 is 0.903 bits per heavy atom. The Kier molecular flexibility index (Phi) is 36.6. The van der Waals surface area contributed by atoms with E-state index in [0.29, 0.717) is 131 Å². The van der Waals surface area contributed by atoms with Crippen molar-refractivity contribution in [2.45, 2.75) is 119 Å². The van der Waals surface area contributed by atoms with Crippen LogP contribution in [-0.2, 0) is 101 Å². The molecule has 30 heteroatoms. The standard InChI is InChI=1S/C28H32ClN3O4S2.C28H33ClN2O5S2.C27H30ClN3O4S2/c1-3-13-31-38(34,35)25-8-5-21(6-9-25)11-14-32(28(33)26(30)17-22-12-16-37-20-22)19-23-18-24(29)7-10-27(23)36-15-4-2;1-2-14-36-27-8-5-25(29)19-24(27)20-30(28(32)18-23-10-17-37-21-23)11-9-22-3-6-26(7-4-22)38(33,34)31-12-15-35-16-13-31;1-3-13-30-37(33,34)24-8-5-20(6-9-24)11-14-31(27(32)26(29)21-12-16-36-19-21)18-22-17-23(28)7-10-25(22)35-15-4-2/h1,5-10,12,16,18,20,26,31H,4,11,13-15,17,19,30H2,2H3;3-8,10,17,19,21H,2,9,11-16,18,20H2,1H3;1,5-10,12,16-17,19,26,30H,4,11,13-15,18,29H2,2H3/t26-;;26-/m0.1/s1. The Balaban J connectivity index is 0.000000212. The molecule has 6 N–H and O–H groups in total. The number of sulfonamides is 3. The molecule has 0 spiro atoms. The molecule has 4 heterocycles. The van der Waals surface area contributed by atoms with Gasteiger partial charge in [-0.05, 0) is 220 Å². The molecule has 3 aromatic heterocycles. The molecule has 113 heavy (non-hydrogen) atoms. The Morgan fingerprint density at radius 1 is 0.513 bits per heavy atom. The van der Waals surface area contributed by atoms with Crippen molar-refractivity contribution < 1.29 is 58.6 Å². The van der Waals surface area contributed by atoms with E-state index in [1.165, 1.54) is 39.9 Å². The zero-order chi connectivity index (χ0) is 81.3. The maximum Gasteiger partial charge on any atom is 0.244 e. The number of hydrogen-bond donors (Lipinski definition) is 4. The number of benzene rings is 6. The number of hydrogen-bond acceptors (Lipinski definition) is 18. The van der Waals surface area contributed by atoms with Crippen LogP contribution < -0.4 is 35.1 Å². The van der Waals surface area contributed by atoms with Crippen LogP contribution in [0, 0.1) is 24.7 Å². The molecule has 0 radical (unpaired) electrons. The third-order valence-electron chi connectivity index (χ3n) is 17.7. The van der Waals surface area contributed by atoms with Gasteiger partial charge in [0.25, 0.3) is 0 Å². The second kappa shape index (κ2) is 45.8. The van der Waals surface area contributed by atoms with Crippen molar-refractivity contribution in [2.75, 3.05) is 78.8 Å². The number of carbonyl (C=O) groups is 3. The highest BCUT2D eigenvalue weighted by Crippen LogP contribution is 2.31. The quantitative estimate of drug-likeness (QED) is 0.0261. The van der Waals surface area contributed by atoms with Crippen LogP contribution in [0.3, 0.4) is 0 Å². The number of halogens is 3. The number of rotatable bonds is 39. The molecule has 21 nitrogen and oxygen atoms in total. The van der Waals surface area contributed by atoms with E-state index in [1.54, 1.807) is 99.2 Å². The Labute approximate surface area is 692 Å². The number of nitrogens with zero attached hydrogens (tertiary/aromatic N) is 4. The van der Waals surface area contributed by atoms with Gasteiger partial charge in [0.2, 0.25) is 47.8 Å². The molecule has 6 aromatic carbocycles. The number of nitrogens with two attached hydrogens (primary N) is 2. The summed E-state index contributed by atoms with van der Waals surface area (Å²) >= 11 is 23.4. The van der Waals surface area contributed by atoms with Crippen molar-refractivity contribution in [3.05, 3.63) is 243 Å². The van der Waals surface area contributed by atoms with E-state index in [0.717, 1.165) is 75.1 Å². The molecule has 1 aliphatic rings. The highest BCUT2D eigenvalue weighted by atomic mass is 35.5. The van der Waals surface area contributed by atoms with Crippen molar-refractivity contribution in [1.29, 1.82) is 0 Å². The van der Waals surface area contributed by atoms with Gasteiger partial charge in [0.15, 0.2) is 0 Å². The van der Waals surface area contributed by atoms with E-state index >= 15 is 0 Å². The average molecular weight is 1710 g/mol. The van der Waals surface area contributed by atoms with E-state index in [1.807, 2.05) is 113 Å². The number of nitrogens with one attached hydrogen (secondary N) is 2. The van der Waals surface area contributed by atoms with Crippen molar-refractivity contribution in [2.24, 2.45) is 11.5 Å². The second-order valence-corrected chi connectivity index (χ2v) is 35.3. The van der Waals surface area contributed by atoms with Gasteiger partial charge in [0.1, 0.15) is 23.3 Å². The van der Waals surface area contributed by atoms with Gasteiger partial charge in [0, 0.05) is 84.1 Å². The van der Waals surface area contributed by atoms with Gasteiger partial charge in [-0.25, -0.2) is 25.3 Å². The summed E-state index contributed by atoms with van der Waals surface area (Å²) in [5.41, 5.74) is 20.6. The van der Waals surface area contributed by atoms with Gasteiger partial charge in [-0.1, -0.05) is 104 Å². The molecule has 1 aliphatic heterocycles. The fourth-order valence-corrected chi connectivity index (χ4v) is 17.5. The van der Waals surface area contributed by atoms with E-state index in [2.05, 4.69) is 21.3 Å². The van der Waals surface area contributed by atoms with Crippen LogP contribution in [-0.4, -0.2) is 147 Å². The smallest absolute Gasteiger partial charge is 0.244 e. The summed E-state index contributed by atoms with van der Waals surface area (Å²) in [6.07, 6.45) is 15.2. The first-order valence-corrected chi connectivity index (χ1v) is 45.1. The minimum absolute atomic E-state index is 0.0105. The number of terminal acetylenes is 2. The largest absolute Gasteiger partial charge is 0.493 e. The third-order valence-corrected chi connectivity index (χ3v) is 25.3. The van der Waals surface area contributed by atoms with Crippen LogP contribution in [0.5, 0.6) is 17.2 Å². The maximum absolute atomic E-state index is 13.5. The first-order valence-electron chi connectivity index (χ1n) is 36.7. The highest BCUT2D eigenvalue weighted by molar-refractivity contribution is 7.90. The molecule has 0 aliphatic carbocycles. The first kappa shape index (κ1) is 90.4. The van der Waals surface area contributed by atoms with Crippen molar-refractivity contribution in [3.63, 3.8) is 0 Å². The lowest BCUT2D eigenvalue weighted by Gasteiger charge is -2.27. The topological polar surface area (TPSA) is 280 Å². The van der Waals surface area contributed by atoms with Gasteiger partial charge in [-0.15, -0.1) is 12.8 Å². The molecule has 0 bridgehead atoms. The van der Waals surface area contributed by atoms with Gasteiger partial charge in [-0.2, -0.15) is 47.8 Å². The molecular formula is C83H95Cl3N8O13S6. The summed E-state index contributed by atoms with van der Waals surface area (Å²) in [6, 6.07) is 40.4. The van der Waals surface area contributed by atoms with Crippen LogP contribution in [0.2, 0.25) is 15.1 Å². The van der Waals surface area contributed by atoms with Gasteiger partial charge < -0.3 is 45.1 Å². The van der Waals surface area contributed by atoms with E-state index in [-0.39, 0.29) is 58.6 Å². The Hall–Kier alpha value is -8.17. The summed E-state index contributed by atoms with van der Waals surface area (Å²) in [5, 5.41) is 13.3. The van der Waals surface area contributed by atoms with Crippen LogP contribution in [0.25, 0.3) is 0 Å². The lowest BCUT2D eigenvalue weighted by Crippen LogP contribution is -2.45. The van der Waals surface area contributed by atoms with Crippen molar-refractivity contribution >= 4 is 117 Å². The molecule has 3 amide bonds. The molecule has 602 valence electrons.